The van der Waals surface area contributed by atoms with Gasteiger partial charge in [-0.2, -0.15) is 0 Å². The summed E-state index contributed by atoms with van der Waals surface area (Å²) in [6.07, 6.45) is 1.70. The van der Waals surface area contributed by atoms with Gasteiger partial charge in [0.15, 0.2) is 0 Å². The zero-order valence-corrected chi connectivity index (χ0v) is 11.0. The highest BCUT2D eigenvalue weighted by Crippen LogP contribution is 2.19. The number of aryl methyl sites for hydroxylation is 1. The Kier molecular flexibility index (Phi) is 3.80. The minimum atomic E-state index is -0.210. The maximum Gasteiger partial charge on any atom is 0.252 e. The van der Waals surface area contributed by atoms with Crippen molar-refractivity contribution in [3.05, 3.63) is 58.9 Å². The number of rotatable bonds is 3. The van der Waals surface area contributed by atoms with Gasteiger partial charge in [0.05, 0.1) is 12.2 Å². The van der Waals surface area contributed by atoms with Gasteiger partial charge in [-0.1, -0.05) is 12.1 Å². The monoisotopic (exact) mass is 256 g/mol. The third-order valence-electron chi connectivity index (χ3n) is 3.08. The van der Waals surface area contributed by atoms with Gasteiger partial charge in [0, 0.05) is 17.3 Å². The molecule has 0 aliphatic rings. The maximum atomic E-state index is 12.1. The Bertz CT molecular complexity index is 609. The number of amides is 1. The first-order chi connectivity index (χ1) is 9.09. The molecule has 0 aliphatic heterocycles. The molecule has 0 bridgehead atoms. The van der Waals surface area contributed by atoms with Crippen molar-refractivity contribution in [2.45, 2.75) is 20.4 Å². The van der Waals surface area contributed by atoms with Gasteiger partial charge in [-0.05, 0) is 37.6 Å². The number of phenolic OH excluding ortho intramolecular Hbond substituents is 1. The molecule has 0 radical (unpaired) electrons. The zero-order valence-electron chi connectivity index (χ0n) is 11.0. The second-order valence-electron chi connectivity index (χ2n) is 4.40. The van der Waals surface area contributed by atoms with Crippen LogP contribution in [0.4, 0.5) is 0 Å². The van der Waals surface area contributed by atoms with E-state index in [9.17, 15) is 9.90 Å². The Hall–Kier alpha value is -2.36. The fourth-order valence-electron chi connectivity index (χ4n) is 1.83. The third-order valence-corrected chi connectivity index (χ3v) is 3.08. The van der Waals surface area contributed by atoms with E-state index in [0.29, 0.717) is 17.7 Å². The van der Waals surface area contributed by atoms with Gasteiger partial charge in [0.25, 0.3) is 5.91 Å². The van der Waals surface area contributed by atoms with Gasteiger partial charge < -0.3 is 10.4 Å². The number of benzene rings is 1. The van der Waals surface area contributed by atoms with Crippen LogP contribution in [-0.4, -0.2) is 16.0 Å². The molecule has 98 valence electrons. The lowest BCUT2D eigenvalue weighted by molar-refractivity contribution is 0.0949. The van der Waals surface area contributed by atoms with Gasteiger partial charge in [0.2, 0.25) is 0 Å². The normalized spacial score (nSPS) is 10.2. The number of hydrogen-bond donors (Lipinski definition) is 2. The molecule has 19 heavy (non-hydrogen) atoms. The molecule has 1 amide bonds. The fraction of sp³-hybridized carbons (Fsp3) is 0.200. The van der Waals surface area contributed by atoms with E-state index in [1.54, 1.807) is 31.3 Å². The molecule has 2 aromatic rings. The molecule has 0 unspecified atom stereocenters. The van der Waals surface area contributed by atoms with Crippen molar-refractivity contribution in [2.75, 3.05) is 0 Å². The van der Waals surface area contributed by atoms with E-state index in [0.717, 1.165) is 11.3 Å². The number of nitrogens with zero attached hydrogens (tertiary/aromatic N) is 1. The van der Waals surface area contributed by atoms with E-state index in [1.807, 2.05) is 19.1 Å². The van der Waals surface area contributed by atoms with E-state index in [2.05, 4.69) is 10.3 Å². The molecule has 0 aliphatic carbocycles. The smallest absolute Gasteiger partial charge is 0.252 e. The lowest BCUT2D eigenvalue weighted by atomic mass is 10.1. The van der Waals surface area contributed by atoms with Crippen LogP contribution in [-0.2, 0) is 6.54 Å². The summed E-state index contributed by atoms with van der Waals surface area (Å²) in [5, 5.41) is 12.4. The molecule has 2 N–H and O–H groups in total. The first-order valence-electron chi connectivity index (χ1n) is 6.07. The molecule has 4 heteroatoms. The Morgan fingerprint density at radius 3 is 2.79 bits per heavy atom. The van der Waals surface area contributed by atoms with E-state index in [1.165, 1.54) is 0 Å². The Morgan fingerprint density at radius 2 is 2.05 bits per heavy atom. The van der Waals surface area contributed by atoms with Crippen LogP contribution in [0.5, 0.6) is 5.75 Å². The highest BCUT2D eigenvalue weighted by Gasteiger charge is 2.11. The highest BCUT2D eigenvalue weighted by atomic mass is 16.3. The van der Waals surface area contributed by atoms with Crippen molar-refractivity contribution >= 4 is 5.91 Å². The van der Waals surface area contributed by atoms with Gasteiger partial charge in [-0.15, -0.1) is 0 Å². The zero-order chi connectivity index (χ0) is 13.8. The van der Waals surface area contributed by atoms with Crippen molar-refractivity contribution in [3.8, 4) is 5.75 Å². The van der Waals surface area contributed by atoms with Crippen LogP contribution in [0.2, 0.25) is 0 Å². The van der Waals surface area contributed by atoms with Crippen LogP contribution >= 0.6 is 0 Å². The van der Waals surface area contributed by atoms with Crippen molar-refractivity contribution in [2.24, 2.45) is 0 Å². The second kappa shape index (κ2) is 5.52. The number of carbonyl (C=O) groups excluding carboxylic acids is 1. The predicted molar refractivity (Wildman–Crippen MR) is 73.0 cm³/mol. The minimum absolute atomic E-state index is 0.127. The Morgan fingerprint density at radius 1 is 1.26 bits per heavy atom. The SMILES string of the molecule is Cc1cccnc1CNC(=O)c1cccc(O)c1C. The average molecular weight is 256 g/mol. The average Bonchev–Trinajstić information content (AvgIpc) is 2.40. The molecular weight excluding hydrogens is 240 g/mol. The maximum absolute atomic E-state index is 12.1. The predicted octanol–water partition coefficient (Wildman–Crippen LogP) is 2.33. The van der Waals surface area contributed by atoms with Crippen LogP contribution in [0.1, 0.15) is 27.2 Å². The summed E-state index contributed by atoms with van der Waals surface area (Å²) in [4.78, 5) is 16.3. The standard InChI is InChI=1S/C15H16N2O2/c1-10-5-4-8-16-13(10)9-17-15(19)12-6-3-7-14(18)11(12)2/h3-8,18H,9H2,1-2H3,(H,17,19). The van der Waals surface area contributed by atoms with E-state index in [4.69, 9.17) is 0 Å². The van der Waals surface area contributed by atoms with Crippen LogP contribution in [0, 0.1) is 13.8 Å². The largest absolute Gasteiger partial charge is 0.508 e. The molecule has 1 aromatic heterocycles. The van der Waals surface area contributed by atoms with Crippen LogP contribution in [0.15, 0.2) is 36.5 Å². The lowest BCUT2D eigenvalue weighted by Gasteiger charge is -2.09. The molecule has 1 aromatic carbocycles. The van der Waals surface area contributed by atoms with Gasteiger partial charge >= 0.3 is 0 Å². The molecule has 2 rings (SSSR count). The van der Waals surface area contributed by atoms with Crippen molar-refractivity contribution in [1.29, 1.82) is 0 Å². The van der Waals surface area contributed by atoms with Gasteiger partial charge in [-0.25, -0.2) is 0 Å². The molecule has 4 nitrogen and oxygen atoms in total. The van der Waals surface area contributed by atoms with Crippen molar-refractivity contribution < 1.29 is 9.90 Å². The van der Waals surface area contributed by atoms with E-state index < -0.39 is 0 Å². The topological polar surface area (TPSA) is 62.2 Å². The number of hydrogen-bond acceptors (Lipinski definition) is 3. The van der Waals surface area contributed by atoms with Gasteiger partial charge in [-0.3, -0.25) is 9.78 Å². The number of phenols is 1. The summed E-state index contributed by atoms with van der Waals surface area (Å²) in [6, 6.07) is 8.72. The first-order valence-corrected chi connectivity index (χ1v) is 6.07. The Labute approximate surface area is 112 Å². The molecular formula is C15H16N2O2. The number of carbonyl (C=O) groups is 1. The number of pyridine rings is 1. The molecule has 0 fully saturated rings. The first kappa shape index (κ1) is 13.1. The summed E-state index contributed by atoms with van der Waals surface area (Å²) in [5.41, 5.74) is 2.94. The quantitative estimate of drug-likeness (QED) is 0.886. The molecule has 0 spiro atoms. The van der Waals surface area contributed by atoms with Crippen LogP contribution in [0.25, 0.3) is 0 Å². The summed E-state index contributed by atoms with van der Waals surface area (Å²) in [5.74, 6) is -0.0832. The van der Waals surface area contributed by atoms with Gasteiger partial charge in [0.1, 0.15) is 5.75 Å². The van der Waals surface area contributed by atoms with Crippen LogP contribution < -0.4 is 5.32 Å². The molecule has 0 saturated carbocycles. The minimum Gasteiger partial charge on any atom is -0.508 e. The summed E-state index contributed by atoms with van der Waals surface area (Å²) in [6.45, 7) is 4.05. The second-order valence-corrected chi connectivity index (χ2v) is 4.40. The summed E-state index contributed by atoms with van der Waals surface area (Å²) in [7, 11) is 0. The molecule has 0 saturated heterocycles. The summed E-state index contributed by atoms with van der Waals surface area (Å²) >= 11 is 0. The van der Waals surface area contributed by atoms with E-state index in [-0.39, 0.29) is 11.7 Å². The highest BCUT2D eigenvalue weighted by molar-refractivity contribution is 5.96. The summed E-state index contributed by atoms with van der Waals surface area (Å²) < 4.78 is 0. The van der Waals surface area contributed by atoms with E-state index >= 15 is 0 Å². The lowest BCUT2D eigenvalue weighted by Crippen LogP contribution is -2.24. The van der Waals surface area contributed by atoms with Crippen molar-refractivity contribution in [1.82, 2.24) is 10.3 Å². The van der Waals surface area contributed by atoms with Crippen molar-refractivity contribution in [3.63, 3.8) is 0 Å². The number of aromatic hydroxyl groups is 1. The number of aromatic nitrogens is 1. The number of nitrogens with one attached hydrogen (secondary N) is 1. The third kappa shape index (κ3) is 2.91. The van der Waals surface area contributed by atoms with Crippen LogP contribution in [0.3, 0.4) is 0 Å². The fourth-order valence-corrected chi connectivity index (χ4v) is 1.83. The molecule has 1 heterocycles. The molecule has 0 atom stereocenters. The Balaban J connectivity index is 2.10.